The van der Waals surface area contributed by atoms with E-state index in [1.165, 1.54) is 12.0 Å². The smallest absolute Gasteiger partial charge is 0.131 e. The second-order valence-corrected chi connectivity index (χ2v) is 7.15. The zero-order valence-electron chi connectivity index (χ0n) is 14.3. The molecule has 0 radical (unpaired) electrons. The summed E-state index contributed by atoms with van der Waals surface area (Å²) in [4.78, 5) is 4.45. The molecular weight excluding hydrogens is 341 g/mol. The number of aromatic nitrogens is 1. The number of halogens is 2. The zero-order valence-corrected chi connectivity index (χ0v) is 15.8. The van der Waals surface area contributed by atoms with E-state index in [9.17, 15) is 0 Å². The lowest BCUT2D eigenvalue weighted by Crippen LogP contribution is -2.08. The third-order valence-corrected chi connectivity index (χ3v) is 5.09. The molecule has 0 amide bonds. The molecule has 0 aromatic carbocycles. The Labute approximate surface area is 155 Å². The number of rotatable bonds is 9. The number of anilines is 2. The van der Waals surface area contributed by atoms with Gasteiger partial charge in [-0.05, 0) is 49.7 Å². The van der Waals surface area contributed by atoms with Gasteiger partial charge in [-0.1, -0.05) is 61.2 Å². The van der Waals surface area contributed by atoms with Crippen molar-refractivity contribution in [1.82, 2.24) is 4.98 Å². The number of nitrogen functional groups attached to an aromatic ring is 1. The van der Waals surface area contributed by atoms with Crippen molar-refractivity contribution >= 4 is 34.8 Å². The van der Waals surface area contributed by atoms with Crippen LogP contribution in [0.2, 0.25) is 0 Å². The molecule has 1 aromatic rings. The van der Waals surface area contributed by atoms with E-state index in [0.29, 0.717) is 21.8 Å². The number of nitrogens with two attached hydrogens (primary N) is 1. The highest BCUT2D eigenvalue weighted by atomic mass is 35.5. The van der Waals surface area contributed by atoms with Gasteiger partial charge in [0.25, 0.3) is 0 Å². The van der Waals surface area contributed by atoms with E-state index in [1.54, 1.807) is 0 Å². The van der Waals surface area contributed by atoms with E-state index < -0.39 is 0 Å². The molecule has 1 unspecified atom stereocenters. The third-order valence-electron chi connectivity index (χ3n) is 4.30. The van der Waals surface area contributed by atoms with E-state index in [1.807, 2.05) is 12.1 Å². The highest BCUT2D eigenvalue weighted by Gasteiger charge is 2.13. The van der Waals surface area contributed by atoms with Gasteiger partial charge in [-0.2, -0.15) is 0 Å². The SMILES string of the molecule is CCCCNc1nc(N)ccc1CCCCC1C=C(Cl)C(Cl)=CC1. The number of aryl methyl sites for hydroxylation is 1. The first-order chi connectivity index (χ1) is 11.6. The van der Waals surface area contributed by atoms with Crippen molar-refractivity contribution in [3.05, 3.63) is 39.9 Å². The Morgan fingerprint density at radius 2 is 2.04 bits per heavy atom. The van der Waals surface area contributed by atoms with Crippen molar-refractivity contribution in [2.24, 2.45) is 5.92 Å². The summed E-state index contributed by atoms with van der Waals surface area (Å²) in [6, 6.07) is 3.98. The molecule has 0 bridgehead atoms. The monoisotopic (exact) mass is 367 g/mol. The van der Waals surface area contributed by atoms with Crippen LogP contribution in [0.15, 0.2) is 34.3 Å². The molecule has 24 heavy (non-hydrogen) atoms. The molecule has 2 rings (SSSR count). The highest BCUT2D eigenvalue weighted by Crippen LogP contribution is 2.31. The molecule has 132 valence electrons. The fraction of sp³-hybridized carbons (Fsp3) is 0.526. The lowest BCUT2D eigenvalue weighted by Gasteiger charge is -2.16. The van der Waals surface area contributed by atoms with Crippen LogP contribution in [0, 0.1) is 5.92 Å². The maximum absolute atomic E-state index is 6.10. The van der Waals surface area contributed by atoms with Crippen molar-refractivity contribution in [2.75, 3.05) is 17.6 Å². The van der Waals surface area contributed by atoms with Crippen LogP contribution in [0.4, 0.5) is 11.6 Å². The number of nitrogens with one attached hydrogen (secondary N) is 1. The number of nitrogens with zero attached hydrogens (tertiary/aromatic N) is 1. The maximum atomic E-state index is 6.10. The van der Waals surface area contributed by atoms with Crippen LogP contribution in [-0.2, 0) is 6.42 Å². The van der Waals surface area contributed by atoms with Gasteiger partial charge in [0.1, 0.15) is 11.6 Å². The van der Waals surface area contributed by atoms with Gasteiger partial charge in [0, 0.05) is 6.54 Å². The number of unbranched alkanes of at least 4 members (excludes halogenated alkanes) is 2. The van der Waals surface area contributed by atoms with E-state index in [0.717, 1.165) is 50.9 Å². The Bertz CT molecular complexity index is 596. The Morgan fingerprint density at radius 1 is 1.21 bits per heavy atom. The van der Waals surface area contributed by atoms with Crippen molar-refractivity contribution in [3.63, 3.8) is 0 Å². The second-order valence-electron chi connectivity index (χ2n) is 6.33. The average Bonchev–Trinajstić information content (AvgIpc) is 2.56. The Hall–Kier alpha value is -1.19. The van der Waals surface area contributed by atoms with Crippen LogP contribution >= 0.6 is 23.2 Å². The quantitative estimate of drug-likeness (QED) is 0.537. The van der Waals surface area contributed by atoms with Gasteiger partial charge >= 0.3 is 0 Å². The van der Waals surface area contributed by atoms with Gasteiger partial charge in [-0.3, -0.25) is 0 Å². The van der Waals surface area contributed by atoms with Gasteiger partial charge < -0.3 is 11.1 Å². The molecule has 0 fully saturated rings. The number of pyridine rings is 1. The van der Waals surface area contributed by atoms with Gasteiger partial charge in [0.2, 0.25) is 0 Å². The van der Waals surface area contributed by atoms with E-state index in [-0.39, 0.29) is 0 Å². The Morgan fingerprint density at radius 3 is 2.79 bits per heavy atom. The molecule has 1 aliphatic carbocycles. The Balaban J connectivity index is 1.79. The summed E-state index contributed by atoms with van der Waals surface area (Å²) >= 11 is 12.1. The summed E-state index contributed by atoms with van der Waals surface area (Å²) in [7, 11) is 0. The topological polar surface area (TPSA) is 50.9 Å². The lowest BCUT2D eigenvalue weighted by molar-refractivity contribution is 0.544. The van der Waals surface area contributed by atoms with Crippen LogP contribution in [0.25, 0.3) is 0 Å². The van der Waals surface area contributed by atoms with Crippen molar-refractivity contribution in [3.8, 4) is 0 Å². The molecule has 3 nitrogen and oxygen atoms in total. The summed E-state index contributed by atoms with van der Waals surface area (Å²) in [5.41, 5.74) is 7.07. The van der Waals surface area contributed by atoms with Crippen LogP contribution in [0.5, 0.6) is 0 Å². The van der Waals surface area contributed by atoms with Crippen molar-refractivity contribution in [1.29, 1.82) is 0 Å². The normalized spacial score (nSPS) is 17.4. The molecule has 3 N–H and O–H groups in total. The number of hydrogen-bond donors (Lipinski definition) is 2. The van der Waals surface area contributed by atoms with Crippen molar-refractivity contribution < 1.29 is 0 Å². The molecule has 1 atom stereocenters. The third kappa shape index (κ3) is 6.03. The van der Waals surface area contributed by atoms with Crippen LogP contribution < -0.4 is 11.1 Å². The molecule has 1 heterocycles. The van der Waals surface area contributed by atoms with E-state index in [2.05, 4.69) is 29.4 Å². The summed E-state index contributed by atoms with van der Waals surface area (Å²) in [5, 5.41) is 4.79. The molecule has 0 aliphatic heterocycles. The minimum atomic E-state index is 0.506. The fourth-order valence-corrected chi connectivity index (χ4v) is 3.28. The van der Waals surface area contributed by atoms with Gasteiger partial charge in [-0.25, -0.2) is 4.98 Å². The number of hydrogen-bond acceptors (Lipinski definition) is 3. The van der Waals surface area contributed by atoms with Gasteiger partial charge in [-0.15, -0.1) is 0 Å². The minimum Gasteiger partial charge on any atom is -0.384 e. The molecule has 0 saturated carbocycles. The van der Waals surface area contributed by atoms with Gasteiger partial charge in [0.05, 0.1) is 10.1 Å². The fourth-order valence-electron chi connectivity index (χ4n) is 2.87. The van der Waals surface area contributed by atoms with Crippen LogP contribution in [-0.4, -0.2) is 11.5 Å². The second kappa shape index (κ2) is 9.95. The molecule has 0 spiro atoms. The molecule has 0 saturated heterocycles. The molecule has 1 aromatic heterocycles. The zero-order chi connectivity index (χ0) is 17.4. The van der Waals surface area contributed by atoms with Crippen LogP contribution in [0.3, 0.4) is 0 Å². The first-order valence-corrected chi connectivity index (χ1v) is 9.58. The van der Waals surface area contributed by atoms with E-state index >= 15 is 0 Å². The maximum Gasteiger partial charge on any atom is 0.131 e. The number of allylic oxidation sites excluding steroid dienone is 4. The highest BCUT2D eigenvalue weighted by molar-refractivity contribution is 6.44. The largest absolute Gasteiger partial charge is 0.384 e. The molecule has 5 heteroatoms. The van der Waals surface area contributed by atoms with Crippen molar-refractivity contribution in [2.45, 2.75) is 51.9 Å². The first kappa shape index (κ1) is 19.1. The van der Waals surface area contributed by atoms with E-state index in [4.69, 9.17) is 28.9 Å². The van der Waals surface area contributed by atoms with Gasteiger partial charge in [0.15, 0.2) is 0 Å². The minimum absolute atomic E-state index is 0.506. The lowest BCUT2D eigenvalue weighted by atomic mass is 9.94. The summed E-state index contributed by atoms with van der Waals surface area (Å²) < 4.78 is 0. The standard InChI is InChI=1S/C19H27Cl2N3/c1-2-3-12-23-19-15(9-11-18(22)24-19)7-5-4-6-14-8-10-16(20)17(21)13-14/h9-11,13-14H,2-8,12H2,1H3,(H3,22,23,24). The first-order valence-electron chi connectivity index (χ1n) is 8.82. The Kier molecular flexibility index (Phi) is 7.93. The average molecular weight is 368 g/mol. The molecular formula is C19H27Cl2N3. The predicted octanol–water partition coefficient (Wildman–Crippen LogP) is 5.85. The summed E-state index contributed by atoms with van der Waals surface area (Å²) in [6.07, 6.45) is 11.9. The van der Waals surface area contributed by atoms with Crippen LogP contribution in [0.1, 0.15) is 51.0 Å². The predicted molar refractivity (Wildman–Crippen MR) is 106 cm³/mol. The summed E-state index contributed by atoms with van der Waals surface area (Å²) in [5.74, 6) is 2.02. The summed E-state index contributed by atoms with van der Waals surface area (Å²) in [6.45, 7) is 3.13. The molecule has 1 aliphatic rings.